The first-order valence-corrected chi connectivity index (χ1v) is 9.32. The van der Waals surface area contributed by atoms with Crippen LogP contribution in [0.15, 0.2) is 72.8 Å². The summed E-state index contributed by atoms with van der Waals surface area (Å²) in [4.78, 5) is 12.1. The molecule has 28 heavy (non-hydrogen) atoms. The zero-order valence-electron chi connectivity index (χ0n) is 15.2. The van der Waals surface area contributed by atoms with E-state index in [2.05, 4.69) is 0 Å². The zero-order chi connectivity index (χ0) is 19.9. The number of aliphatic hydroxyl groups excluding tert-OH is 2. The number of halogens is 1. The Morgan fingerprint density at radius 2 is 1.68 bits per heavy atom. The average Bonchev–Trinajstić information content (AvgIpc) is 2.74. The van der Waals surface area contributed by atoms with Crippen molar-refractivity contribution in [2.45, 2.75) is 19.1 Å². The zero-order valence-corrected chi connectivity index (χ0v) is 16.0. The third kappa shape index (κ3) is 5.20. The van der Waals surface area contributed by atoms with E-state index in [1.807, 2.05) is 54.6 Å². The molecular weight excluding hydrogens is 376 g/mol. The Hall–Kier alpha value is -2.66. The van der Waals surface area contributed by atoms with E-state index in [-0.39, 0.29) is 0 Å². The van der Waals surface area contributed by atoms with Gasteiger partial charge in [-0.1, -0.05) is 54.1 Å². The molecular formula is C23H21ClO4. The molecule has 3 aromatic rings. The normalized spacial score (nSPS) is 11.8. The number of ether oxygens (including phenoxy) is 1. The maximum absolute atomic E-state index is 12.1. The summed E-state index contributed by atoms with van der Waals surface area (Å²) >= 11 is 6.27. The molecule has 0 aliphatic carbocycles. The van der Waals surface area contributed by atoms with Crippen molar-refractivity contribution in [3.8, 4) is 5.75 Å². The smallest absolute Gasteiger partial charge is 0.193 e. The van der Waals surface area contributed by atoms with Crippen LogP contribution in [-0.2, 0) is 13.0 Å². The molecule has 0 fully saturated rings. The van der Waals surface area contributed by atoms with Crippen LogP contribution in [-0.4, -0.2) is 28.7 Å². The summed E-state index contributed by atoms with van der Waals surface area (Å²) < 4.78 is 5.79. The number of hydrogen-bond acceptors (Lipinski definition) is 4. The standard InChI is InChI=1S/C23H21ClO4/c24-21-11-8-18(23(27)22(26)14-25)13-19(21)12-16-6-9-20(10-7-16)28-15-17-4-2-1-3-5-17/h1-11,13,22,25-26H,12,14-15H2. The Morgan fingerprint density at radius 1 is 0.964 bits per heavy atom. The van der Waals surface area contributed by atoms with Crippen molar-refractivity contribution in [3.63, 3.8) is 0 Å². The number of rotatable bonds is 8. The third-order valence-corrected chi connectivity index (χ3v) is 4.74. The molecule has 0 aliphatic heterocycles. The molecule has 0 saturated heterocycles. The van der Waals surface area contributed by atoms with E-state index < -0.39 is 18.5 Å². The van der Waals surface area contributed by atoms with E-state index in [0.717, 1.165) is 22.4 Å². The number of aliphatic hydroxyl groups is 2. The van der Waals surface area contributed by atoms with Gasteiger partial charge in [0.05, 0.1) is 6.61 Å². The molecule has 1 unspecified atom stereocenters. The maximum Gasteiger partial charge on any atom is 0.193 e. The van der Waals surface area contributed by atoms with Crippen LogP contribution in [0.4, 0.5) is 0 Å². The van der Waals surface area contributed by atoms with Crippen molar-refractivity contribution >= 4 is 17.4 Å². The van der Waals surface area contributed by atoms with Gasteiger partial charge >= 0.3 is 0 Å². The molecule has 4 nitrogen and oxygen atoms in total. The Morgan fingerprint density at radius 3 is 2.36 bits per heavy atom. The second-order valence-electron chi connectivity index (χ2n) is 6.46. The number of hydrogen-bond donors (Lipinski definition) is 2. The molecule has 0 amide bonds. The summed E-state index contributed by atoms with van der Waals surface area (Å²) in [5.74, 6) is 0.249. The van der Waals surface area contributed by atoms with Gasteiger partial charge in [-0.3, -0.25) is 4.79 Å². The fourth-order valence-corrected chi connectivity index (χ4v) is 2.99. The summed E-state index contributed by atoms with van der Waals surface area (Å²) in [6.07, 6.45) is -0.885. The van der Waals surface area contributed by atoms with Crippen LogP contribution in [0.5, 0.6) is 5.75 Å². The SMILES string of the molecule is O=C(c1ccc(Cl)c(Cc2ccc(OCc3ccccc3)cc2)c1)C(O)CO. The van der Waals surface area contributed by atoms with Gasteiger partial charge in [0.1, 0.15) is 18.5 Å². The molecule has 0 heterocycles. The first-order chi connectivity index (χ1) is 13.6. The minimum atomic E-state index is -1.42. The lowest BCUT2D eigenvalue weighted by Crippen LogP contribution is -2.24. The van der Waals surface area contributed by atoms with Crippen molar-refractivity contribution in [2.75, 3.05) is 6.61 Å². The molecule has 5 heteroatoms. The Bertz CT molecular complexity index is 923. The van der Waals surface area contributed by atoms with Crippen LogP contribution in [0.1, 0.15) is 27.0 Å². The molecule has 1 atom stereocenters. The number of carbonyl (C=O) groups excluding carboxylic acids is 1. The summed E-state index contributed by atoms with van der Waals surface area (Å²) in [7, 11) is 0. The lowest BCUT2D eigenvalue weighted by atomic mass is 9.99. The average molecular weight is 397 g/mol. The number of benzene rings is 3. The van der Waals surface area contributed by atoms with Crippen molar-refractivity contribution < 1.29 is 19.7 Å². The highest BCUT2D eigenvalue weighted by Crippen LogP contribution is 2.23. The largest absolute Gasteiger partial charge is 0.489 e. The van der Waals surface area contributed by atoms with Crippen molar-refractivity contribution in [1.29, 1.82) is 0 Å². The van der Waals surface area contributed by atoms with Gasteiger partial charge in [0.2, 0.25) is 0 Å². The Balaban J connectivity index is 1.67. The lowest BCUT2D eigenvalue weighted by Gasteiger charge is -2.11. The van der Waals surface area contributed by atoms with Crippen LogP contribution in [0.25, 0.3) is 0 Å². The lowest BCUT2D eigenvalue weighted by molar-refractivity contribution is 0.0587. The predicted octanol–water partition coefficient (Wildman–Crippen LogP) is 4.05. The quantitative estimate of drug-likeness (QED) is 0.564. The van der Waals surface area contributed by atoms with Gasteiger partial charge in [0, 0.05) is 10.6 Å². The minimum absolute atomic E-state index is 0.323. The molecule has 0 saturated carbocycles. The van der Waals surface area contributed by atoms with Gasteiger partial charge in [-0.2, -0.15) is 0 Å². The monoisotopic (exact) mass is 396 g/mol. The highest BCUT2D eigenvalue weighted by atomic mass is 35.5. The molecule has 0 radical (unpaired) electrons. The molecule has 3 aromatic carbocycles. The predicted molar refractivity (Wildman–Crippen MR) is 109 cm³/mol. The van der Waals surface area contributed by atoms with Crippen molar-refractivity contribution in [3.05, 3.63) is 100 Å². The fraction of sp³-hybridized carbons (Fsp3) is 0.174. The van der Waals surface area contributed by atoms with Crippen LogP contribution >= 0.6 is 11.6 Å². The molecule has 0 aromatic heterocycles. The number of Topliss-reactive ketones (excluding diaryl/α,β-unsaturated/α-hetero) is 1. The van der Waals surface area contributed by atoms with Crippen LogP contribution in [0.2, 0.25) is 5.02 Å². The van der Waals surface area contributed by atoms with E-state index in [9.17, 15) is 9.90 Å². The van der Waals surface area contributed by atoms with Crippen molar-refractivity contribution in [1.82, 2.24) is 0 Å². The number of ketones is 1. The van der Waals surface area contributed by atoms with E-state index >= 15 is 0 Å². The summed E-state index contributed by atoms with van der Waals surface area (Å²) in [6.45, 7) is -0.107. The highest BCUT2D eigenvalue weighted by Gasteiger charge is 2.17. The maximum atomic E-state index is 12.1. The van der Waals surface area contributed by atoms with E-state index in [4.69, 9.17) is 21.4 Å². The summed E-state index contributed by atoms with van der Waals surface area (Å²) in [5, 5.41) is 19.0. The summed E-state index contributed by atoms with van der Waals surface area (Å²) in [6, 6.07) is 22.5. The van der Waals surface area contributed by atoms with E-state index in [0.29, 0.717) is 23.6 Å². The van der Waals surface area contributed by atoms with Gasteiger partial charge in [-0.15, -0.1) is 0 Å². The topological polar surface area (TPSA) is 66.8 Å². The van der Waals surface area contributed by atoms with Gasteiger partial charge < -0.3 is 14.9 Å². The fourth-order valence-electron chi connectivity index (χ4n) is 2.80. The Labute approximate surface area is 169 Å². The molecule has 2 N–H and O–H groups in total. The van der Waals surface area contributed by atoms with Crippen molar-refractivity contribution in [2.24, 2.45) is 0 Å². The summed E-state index contributed by atoms with van der Waals surface area (Å²) in [5.41, 5.74) is 3.21. The van der Waals surface area contributed by atoms with Crippen LogP contribution < -0.4 is 4.74 Å². The first-order valence-electron chi connectivity index (χ1n) is 8.94. The second kappa shape index (κ2) is 9.51. The van der Waals surface area contributed by atoms with Gasteiger partial charge in [-0.25, -0.2) is 0 Å². The van der Waals surface area contributed by atoms with Gasteiger partial charge in [0.15, 0.2) is 5.78 Å². The molecule has 0 bridgehead atoms. The van der Waals surface area contributed by atoms with E-state index in [1.165, 1.54) is 0 Å². The first kappa shape index (κ1) is 20.1. The molecule has 0 aliphatic rings. The van der Waals surface area contributed by atoms with E-state index in [1.54, 1.807) is 18.2 Å². The molecule has 144 valence electrons. The van der Waals surface area contributed by atoms with Crippen LogP contribution in [0, 0.1) is 0 Å². The van der Waals surface area contributed by atoms with Gasteiger partial charge in [-0.05, 0) is 53.4 Å². The Kier molecular flexibility index (Phi) is 6.82. The molecule has 0 spiro atoms. The second-order valence-corrected chi connectivity index (χ2v) is 6.87. The minimum Gasteiger partial charge on any atom is -0.489 e. The number of carbonyl (C=O) groups is 1. The third-order valence-electron chi connectivity index (χ3n) is 4.37. The molecule has 3 rings (SSSR count). The van der Waals surface area contributed by atoms with Gasteiger partial charge in [0.25, 0.3) is 0 Å². The van der Waals surface area contributed by atoms with Crippen LogP contribution in [0.3, 0.4) is 0 Å². The highest BCUT2D eigenvalue weighted by molar-refractivity contribution is 6.31.